The molecule has 0 spiro atoms. The monoisotopic (exact) mass is 328 g/mol. The van der Waals surface area contributed by atoms with Crippen LogP contribution in [0.1, 0.15) is 29.8 Å². The number of pyridine rings is 1. The fourth-order valence-electron chi connectivity index (χ4n) is 2.59. The zero-order valence-corrected chi connectivity index (χ0v) is 13.9. The largest absolute Gasteiger partial charge is 0.335 e. The minimum Gasteiger partial charge on any atom is -0.335 e. The summed E-state index contributed by atoms with van der Waals surface area (Å²) in [6.45, 7) is 4.72. The molecule has 0 aliphatic heterocycles. The number of hydrogen-bond acceptors (Lipinski definition) is 2. The fraction of sp³-hybridized carbons (Fsp3) is 0.222. The molecule has 0 bridgehead atoms. The number of rotatable bonds is 4. The van der Waals surface area contributed by atoms with Gasteiger partial charge >= 0.3 is 0 Å². The van der Waals surface area contributed by atoms with Crippen LogP contribution in [0, 0.1) is 6.92 Å². The van der Waals surface area contributed by atoms with Crippen molar-refractivity contribution in [3.8, 4) is 0 Å². The molecule has 0 amide bonds. The molecule has 118 valence electrons. The molecule has 0 saturated carbocycles. The number of aryl methyl sites for hydroxylation is 1. The maximum Gasteiger partial charge on any atom is 0.258 e. The molecule has 1 atom stereocenters. The third-order valence-corrected chi connectivity index (χ3v) is 4.15. The first-order valence-electron chi connectivity index (χ1n) is 7.60. The van der Waals surface area contributed by atoms with Gasteiger partial charge in [0, 0.05) is 22.8 Å². The van der Waals surface area contributed by atoms with Crippen molar-refractivity contribution in [2.24, 2.45) is 0 Å². The van der Waals surface area contributed by atoms with Crippen molar-refractivity contribution in [3.05, 3.63) is 80.9 Å². The molecule has 2 aromatic heterocycles. The Morgan fingerprint density at radius 2 is 2.09 bits per heavy atom. The number of benzene rings is 1. The van der Waals surface area contributed by atoms with Gasteiger partial charge in [-0.25, -0.2) is 4.98 Å². The Labute approximate surface area is 139 Å². The molecule has 0 saturated heterocycles. The Kier molecular flexibility index (Phi) is 4.46. The molecule has 0 fully saturated rings. The van der Waals surface area contributed by atoms with E-state index in [0.29, 0.717) is 12.2 Å². The number of aromatic nitrogens is 2. The molecule has 0 aliphatic carbocycles. The van der Waals surface area contributed by atoms with Crippen LogP contribution in [-0.2, 0) is 6.54 Å². The zero-order valence-electron chi connectivity index (χ0n) is 13.2. The summed E-state index contributed by atoms with van der Waals surface area (Å²) in [6.07, 6.45) is 1.81. The first-order chi connectivity index (χ1) is 11.0. The van der Waals surface area contributed by atoms with Gasteiger partial charge in [-0.05, 0) is 37.6 Å². The highest BCUT2D eigenvalue weighted by molar-refractivity contribution is 6.30. The molecule has 0 unspecified atom stereocenters. The van der Waals surface area contributed by atoms with E-state index < -0.39 is 0 Å². The first kappa shape index (κ1) is 15.7. The minimum atomic E-state index is -0.0440. The lowest BCUT2D eigenvalue weighted by Crippen LogP contribution is -2.83. The second-order valence-electron chi connectivity index (χ2n) is 5.80. The van der Waals surface area contributed by atoms with Gasteiger partial charge in [0.2, 0.25) is 0 Å². The van der Waals surface area contributed by atoms with Crippen LogP contribution in [0.15, 0.2) is 53.5 Å². The van der Waals surface area contributed by atoms with E-state index in [9.17, 15) is 4.79 Å². The van der Waals surface area contributed by atoms with Gasteiger partial charge in [0.1, 0.15) is 23.9 Å². The average Bonchev–Trinajstić information content (AvgIpc) is 2.53. The minimum absolute atomic E-state index is 0.0440. The lowest BCUT2D eigenvalue weighted by atomic mass is 10.1. The Balaban J connectivity index is 1.79. The van der Waals surface area contributed by atoms with E-state index in [-0.39, 0.29) is 11.6 Å². The molecule has 3 rings (SSSR count). The van der Waals surface area contributed by atoms with Gasteiger partial charge in [0.25, 0.3) is 5.56 Å². The van der Waals surface area contributed by atoms with Gasteiger partial charge in [-0.3, -0.25) is 9.20 Å². The second-order valence-corrected chi connectivity index (χ2v) is 6.24. The van der Waals surface area contributed by atoms with E-state index in [0.717, 1.165) is 21.8 Å². The summed E-state index contributed by atoms with van der Waals surface area (Å²) in [5.41, 5.74) is 3.62. The van der Waals surface area contributed by atoms with Crippen LogP contribution in [0.4, 0.5) is 0 Å². The van der Waals surface area contributed by atoms with Crippen LogP contribution in [-0.4, -0.2) is 9.38 Å². The molecular formula is C18H19ClN3O+. The van der Waals surface area contributed by atoms with Crippen LogP contribution < -0.4 is 10.9 Å². The highest BCUT2D eigenvalue weighted by atomic mass is 35.5. The highest BCUT2D eigenvalue weighted by Crippen LogP contribution is 2.14. The first-order valence-corrected chi connectivity index (χ1v) is 7.98. The summed E-state index contributed by atoms with van der Waals surface area (Å²) in [7, 11) is 0. The summed E-state index contributed by atoms with van der Waals surface area (Å²) >= 11 is 6.03. The van der Waals surface area contributed by atoms with Gasteiger partial charge in [-0.15, -0.1) is 0 Å². The van der Waals surface area contributed by atoms with E-state index in [1.165, 1.54) is 0 Å². The van der Waals surface area contributed by atoms with Crippen LogP contribution in [0.25, 0.3) is 5.65 Å². The van der Waals surface area contributed by atoms with Gasteiger partial charge < -0.3 is 5.32 Å². The summed E-state index contributed by atoms with van der Waals surface area (Å²) in [5.74, 6) is 0. The molecule has 3 aromatic rings. The van der Waals surface area contributed by atoms with E-state index in [2.05, 4.69) is 23.3 Å². The van der Waals surface area contributed by atoms with Crippen LogP contribution in [0.5, 0.6) is 0 Å². The Bertz CT molecular complexity index is 904. The quantitative estimate of drug-likeness (QED) is 0.800. The molecule has 0 radical (unpaired) electrons. The van der Waals surface area contributed by atoms with Crippen LogP contribution in [0.2, 0.25) is 5.02 Å². The summed E-state index contributed by atoms with van der Waals surface area (Å²) in [4.78, 5) is 16.8. The maximum atomic E-state index is 12.2. The van der Waals surface area contributed by atoms with Gasteiger partial charge in [-0.2, -0.15) is 0 Å². The molecular weight excluding hydrogens is 310 g/mol. The predicted molar refractivity (Wildman–Crippen MR) is 91.7 cm³/mol. The topological polar surface area (TPSA) is 51.0 Å². The summed E-state index contributed by atoms with van der Waals surface area (Å²) in [6, 6.07) is 13.5. The number of nitrogens with two attached hydrogens (primary N) is 1. The lowest BCUT2D eigenvalue weighted by Gasteiger charge is -2.11. The highest BCUT2D eigenvalue weighted by Gasteiger charge is 2.10. The number of fused-ring (bicyclic) bond motifs is 1. The number of hydrogen-bond donors (Lipinski definition) is 1. The molecule has 2 N–H and O–H groups in total. The summed E-state index contributed by atoms with van der Waals surface area (Å²) < 4.78 is 1.58. The van der Waals surface area contributed by atoms with Crippen LogP contribution >= 0.6 is 11.6 Å². The number of halogens is 1. The van der Waals surface area contributed by atoms with Crippen molar-refractivity contribution < 1.29 is 5.32 Å². The van der Waals surface area contributed by atoms with Crippen molar-refractivity contribution in [2.45, 2.75) is 26.4 Å². The Morgan fingerprint density at radius 3 is 2.87 bits per heavy atom. The van der Waals surface area contributed by atoms with Gasteiger partial charge in [-0.1, -0.05) is 29.8 Å². The molecule has 23 heavy (non-hydrogen) atoms. The second kappa shape index (κ2) is 6.52. The van der Waals surface area contributed by atoms with E-state index in [4.69, 9.17) is 11.6 Å². The molecule has 2 heterocycles. The number of nitrogens with zero attached hydrogens (tertiary/aromatic N) is 2. The molecule has 4 nitrogen and oxygen atoms in total. The van der Waals surface area contributed by atoms with Crippen molar-refractivity contribution >= 4 is 17.2 Å². The molecule has 5 heteroatoms. The third kappa shape index (κ3) is 3.60. The van der Waals surface area contributed by atoms with E-state index in [1.807, 2.05) is 43.5 Å². The molecule has 1 aromatic carbocycles. The zero-order chi connectivity index (χ0) is 16.4. The SMILES string of the molecule is Cc1ccc2nc(C[NH2+][C@H](C)c3cccc(Cl)c3)cc(=O)n2c1. The van der Waals surface area contributed by atoms with Gasteiger partial charge in [0.05, 0.1) is 0 Å². The van der Waals surface area contributed by atoms with Crippen molar-refractivity contribution in [3.63, 3.8) is 0 Å². The maximum absolute atomic E-state index is 12.2. The predicted octanol–water partition coefficient (Wildman–Crippen LogP) is 2.48. The normalized spacial score (nSPS) is 12.5. The van der Waals surface area contributed by atoms with Gasteiger partial charge in [0.15, 0.2) is 0 Å². The fourth-order valence-corrected chi connectivity index (χ4v) is 2.78. The smallest absolute Gasteiger partial charge is 0.258 e. The van der Waals surface area contributed by atoms with E-state index in [1.54, 1.807) is 10.5 Å². The van der Waals surface area contributed by atoms with Crippen molar-refractivity contribution in [1.29, 1.82) is 0 Å². The summed E-state index contributed by atoms with van der Waals surface area (Å²) in [5, 5.41) is 2.89. The Morgan fingerprint density at radius 1 is 1.26 bits per heavy atom. The van der Waals surface area contributed by atoms with Crippen LogP contribution in [0.3, 0.4) is 0 Å². The van der Waals surface area contributed by atoms with E-state index >= 15 is 0 Å². The average molecular weight is 329 g/mol. The molecule has 0 aliphatic rings. The van der Waals surface area contributed by atoms with Crippen molar-refractivity contribution in [1.82, 2.24) is 9.38 Å². The third-order valence-electron chi connectivity index (χ3n) is 3.92. The number of quaternary nitrogens is 1. The Hall–Kier alpha value is -2.17. The lowest BCUT2D eigenvalue weighted by molar-refractivity contribution is -0.708. The standard InChI is InChI=1S/C18H18ClN3O/c1-12-6-7-17-21-16(9-18(23)22(17)11-12)10-20-13(2)14-4-3-5-15(19)8-14/h3-9,11,13,20H,10H2,1-2H3/p+1/t13-/m1/s1. The van der Waals surface area contributed by atoms with Crippen molar-refractivity contribution in [2.75, 3.05) is 0 Å².